The maximum Gasteiger partial charge on any atom is 0.0540 e. The second-order valence-corrected chi connectivity index (χ2v) is 18.4. The average molecular weight is 899 g/mol. The first-order valence-corrected chi connectivity index (χ1v) is 24.3. The zero-order valence-electron chi connectivity index (χ0n) is 37.9. The van der Waals surface area contributed by atoms with Crippen molar-refractivity contribution in [2.45, 2.75) is 0 Å². The Kier molecular flexibility index (Phi) is 11.2. The van der Waals surface area contributed by atoms with Gasteiger partial charge >= 0.3 is 0 Å². The van der Waals surface area contributed by atoms with Gasteiger partial charge in [0.2, 0.25) is 0 Å². The van der Waals surface area contributed by atoms with Crippen molar-refractivity contribution >= 4 is 65.6 Å². The Hall–Kier alpha value is -8.76. The van der Waals surface area contributed by atoms with E-state index in [2.05, 4.69) is 289 Å². The number of benzene rings is 11. The van der Waals surface area contributed by atoms with Crippen molar-refractivity contribution in [1.82, 2.24) is 0 Å². The zero-order chi connectivity index (χ0) is 45.9. The van der Waals surface area contributed by atoms with Gasteiger partial charge in [-0.2, -0.15) is 0 Å². The Morgan fingerprint density at radius 3 is 1.17 bits per heavy atom. The molecule has 12 rings (SSSR count). The van der Waals surface area contributed by atoms with Crippen LogP contribution in [0.3, 0.4) is 0 Å². The van der Waals surface area contributed by atoms with E-state index in [-0.39, 0.29) is 0 Å². The molecule has 0 aliphatic carbocycles. The molecule has 0 saturated heterocycles. The van der Waals surface area contributed by atoms with E-state index in [1.165, 1.54) is 64.7 Å². The highest BCUT2D eigenvalue weighted by molar-refractivity contribution is 7.25. The number of hydrogen-bond acceptors (Lipinski definition) is 3. The second-order valence-electron chi connectivity index (χ2n) is 17.3. The molecule has 0 atom stereocenters. The van der Waals surface area contributed by atoms with Crippen LogP contribution in [0.4, 0.5) is 34.1 Å². The maximum absolute atomic E-state index is 2.41. The molecule has 0 N–H and O–H groups in total. The molecule has 0 radical (unpaired) electrons. The minimum Gasteiger partial charge on any atom is -0.310 e. The molecule has 1 heterocycles. The van der Waals surface area contributed by atoms with Crippen molar-refractivity contribution in [3.63, 3.8) is 0 Å². The molecule has 0 aliphatic rings. The monoisotopic (exact) mass is 898 g/mol. The summed E-state index contributed by atoms with van der Waals surface area (Å²) in [7, 11) is 0. The highest BCUT2D eigenvalue weighted by Gasteiger charge is 2.20. The molecule has 69 heavy (non-hydrogen) atoms. The minimum absolute atomic E-state index is 1.07. The third kappa shape index (κ3) is 8.27. The van der Waals surface area contributed by atoms with Crippen molar-refractivity contribution in [1.29, 1.82) is 0 Å². The molecule has 0 spiro atoms. The van der Waals surface area contributed by atoms with Crippen LogP contribution < -0.4 is 9.80 Å². The molecule has 0 bridgehead atoms. The number of thiophene rings is 1. The Balaban J connectivity index is 0.966. The summed E-state index contributed by atoms with van der Waals surface area (Å²) >= 11 is 1.86. The van der Waals surface area contributed by atoms with E-state index in [1.54, 1.807) is 0 Å². The number of fused-ring (bicyclic) bond motifs is 3. The molecule has 1 aromatic heterocycles. The number of para-hydroxylation sites is 1. The molecule has 0 saturated carbocycles. The summed E-state index contributed by atoms with van der Waals surface area (Å²) in [4.78, 5) is 4.77. The van der Waals surface area contributed by atoms with Crippen LogP contribution in [0.15, 0.2) is 279 Å². The van der Waals surface area contributed by atoms with Gasteiger partial charge in [-0.15, -0.1) is 11.3 Å². The Morgan fingerprint density at radius 2 is 0.623 bits per heavy atom. The lowest BCUT2D eigenvalue weighted by molar-refractivity contribution is 1.27. The van der Waals surface area contributed by atoms with Crippen molar-refractivity contribution in [3.05, 3.63) is 279 Å². The third-order valence-electron chi connectivity index (χ3n) is 13.1. The molecule has 12 aromatic rings. The molecule has 0 amide bonds. The zero-order valence-corrected chi connectivity index (χ0v) is 38.7. The fraction of sp³-hybridized carbons (Fsp3) is 0. The van der Waals surface area contributed by atoms with Gasteiger partial charge in [0.1, 0.15) is 0 Å². The smallest absolute Gasteiger partial charge is 0.0540 e. The van der Waals surface area contributed by atoms with E-state index in [0.29, 0.717) is 0 Å². The molecule has 3 heteroatoms. The SMILES string of the molecule is c1ccc(-c2ccc(N(c3ccc(-c4ccccc4)cc3)c3cccc(-c4ccccc4N(c4ccc(-c5ccccc5)cc4)c4ccc(-c5cccc6sc7ccccc7c56)cc4)c3)cc2)cc1. The number of anilines is 6. The van der Waals surface area contributed by atoms with Crippen LogP contribution in [-0.4, -0.2) is 0 Å². The molecule has 326 valence electrons. The molecular weight excluding hydrogens is 853 g/mol. The lowest BCUT2D eigenvalue weighted by Crippen LogP contribution is -2.12. The predicted octanol–water partition coefficient (Wildman–Crippen LogP) is 19.3. The lowest BCUT2D eigenvalue weighted by atomic mass is 9.98. The number of nitrogens with zero attached hydrogens (tertiary/aromatic N) is 2. The fourth-order valence-electron chi connectivity index (χ4n) is 9.71. The largest absolute Gasteiger partial charge is 0.310 e. The Bertz CT molecular complexity index is 3590. The fourth-order valence-corrected chi connectivity index (χ4v) is 10.8. The van der Waals surface area contributed by atoms with E-state index in [1.807, 2.05) is 11.3 Å². The standard InChI is InChI=1S/C66H46N2S/c1-4-16-47(17-5-1)50-30-38-55(39-31-50)67(56-40-32-51(33-41-56)48-18-6-2-7-19-48)59-23-14-22-54(46-59)60-24-10-12-27-63(60)68(57-42-34-52(35-43-57)49-20-8-3-9-21-49)58-44-36-53(37-45-58)61-26-15-29-65-66(61)62-25-11-13-28-64(62)69-65/h1-46H. The quantitative estimate of drug-likeness (QED) is 0.128. The van der Waals surface area contributed by atoms with Gasteiger partial charge in [-0.1, -0.05) is 200 Å². The van der Waals surface area contributed by atoms with Crippen molar-refractivity contribution in [2.24, 2.45) is 0 Å². The van der Waals surface area contributed by atoms with Crippen LogP contribution in [-0.2, 0) is 0 Å². The van der Waals surface area contributed by atoms with Crippen LogP contribution >= 0.6 is 11.3 Å². The van der Waals surface area contributed by atoms with E-state index in [4.69, 9.17) is 0 Å². The van der Waals surface area contributed by atoms with Gasteiger partial charge < -0.3 is 9.80 Å². The lowest BCUT2D eigenvalue weighted by Gasteiger charge is -2.29. The first-order valence-electron chi connectivity index (χ1n) is 23.5. The number of hydrogen-bond donors (Lipinski definition) is 0. The second kappa shape index (κ2) is 18.5. The highest BCUT2D eigenvalue weighted by Crippen LogP contribution is 2.45. The Morgan fingerprint density at radius 1 is 0.232 bits per heavy atom. The van der Waals surface area contributed by atoms with Crippen molar-refractivity contribution in [2.75, 3.05) is 9.80 Å². The van der Waals surface area contributed by atoms with Crippen LogP contribution in [0, 0.1) is 0 Å². The summed E-state index contributed by atoms with van der Waals surface area (Å²) in [6.07, 6.45) is 0. The van der Waals surface area contributed by atoms with E-state index in [9.17, 15) is 0 Å². The van der Waals surface area contributed by atoms with Gasteiger partial charge in [0, 0.05) is 54.2 Å². The van der Waals surface area contributed by atoms with Crippen molar-refractivity contribution < 1.29 is 0 Å². The van der Waals surface area contributed by atoms with Crippen LogP contribution in [0.2, 0.25) is 0 Å². The summed E-state index contributed by atoms with van der Waals surface area (Å²) in [6.45, 7) is 0. The summed E-state index contributed by atoms with van der Waals surface area (Å²) < 4.78 is 2.62. The summed E-state index contributed by atoms with van der Waals surface area (Å²) in [5.41, 5.74) is 18.3. The first kappa shape index (κ1) is 41.7. The first-order chi connectivity index (χ1) is 34.2. The van der Waals surface area contributed by atoms with Gasteiger partial charge in [0.05, 0.1) is 5.69 Å². The summed E-state index contributed by atoms with van der Waals surface area (Å²) in [6, 6.07) is 101. The Labute approximate surface area is 407 Å². The summed E-state index contributed by atoms with van der Waals surface area (Å²) in [5, 5.41) is 2.62. The van der Waals surface area contributed by atoms with Crippen LogP contribution in [0.1, 0.15) is 0 Å². The van der Waals surface area contributed by atoms with Crippen LogP contribution in [0.25, 0.3) is 75.8 Å². The van der Waals surface area contributed by atoms with Gasteiger partial charge in [0.25, 0.3) is 0 Å². The van der Waals surface area contributed by atoms with Gasteiger partial charge in [-0.05, 0) is 129 Å². The minimum atomic E-state index is 1.07. The molecule has 0 aliphatic heterocycles. The topological polar surface area (TPSA) is 6.48 Å². The average Bonchev–Trinajstić information content (AvgIpc) is 3.82. The van der Waals surface area contributed by atoms with E-state index in [0.717, 1.165) is 45.3 Å². The number of rotatable bonds is 11. The molecule has 2 nitrogen and oxygen atoms in total. The van der Waals surface area contributed by atoms with E-state index >= 15 is 0 Å². The molecule has 0 fully saturated rings. The maximum atomic E-state index is 2.41. The molecule has 11 aromatic carbocycles. The van der Waals surface area contributed by atoms with Gasteiger partial charge in [-0.3, -0.25) is 0 Å². The predicted molar refractivity (Wildman–Crippen MR) is 296 cm³/mol. The molecular formula is C66H46N2S. The van der Waals surface area contributed by atoms with Gasteiger partial charge in [-0.25, -0.2) is 0 Å². The normalized spacial score (nSPS) is 11.2. The summed E-state index contributed by atoms with van der Waals surface area (Å²) in [5.74, 6) is 0. The van der Waals surface area contributed by atoms with Crippen LogP contribution in [0.5, 0.6) is 0 Å². The molecule has 0 unspecified atom stereocenters. The van der Waals surface area contributed by atoms with Crippen molar-refractivity contribution in [3.8, 4) is 55.6 Å². The third-order valence-corrected chi connectivity index (χ3v) is 14.2. The van der Waals surface area contributed by atoms with Gasteiger partial charge in [0.15, 0.2) is 0 Å². The highest BCUT2D eigenvalue weighted by atomic mass is 32.1. The van der Waals surface area contributed by atoms with E-state index < -0.39 is 0 Å².